The van der Waals surface area contributed by atoms with E-state index in [0.717, 1.165) is 12.8 Å². The molecule has 0 saturated heterocycles. The Bertz CT molecular complexity index is 816. The van der Waals surface area contributed by atoms with Crippen LogP contribution >= 0.6 is 0 Å². The summed E-state index contributed by atoms with van der Waals surface area (Å²) in [5.41, 5.74) is 2.20. The van der Waals surface area contributed by atoms with Crippen molar-refractivity contribution in [2.24, 2.45) is 5.92 Å². The number of aromatic nitrogens is 4. The smallest absolute Gasteiger partial charge is 0.348 e. The molecule has 2 aromatic heterocycles. The number of nitrogens with zero attached hydrogens (tertiary/aromatic N) is 5. The van der Waals surface area contributed by atoms with Crippen LogP contribution < -0.4 is 10.2 Å². The predicted molar refractivity (Wildman–Crippen MR) is 82.7 cm³/mol. The van der Waals surface area contributed by atoms with Crippen molar-refractivity contribution >= 4 is 17.4 Å². The second kappa shape index (κ2) is 5.22. The lowest BCUT2D eigenvalue weighted by atomic mass is 9.99. The topological polar surface area (TPSA) is 75.9 Å². The Balaban J connectivity index is 1.82. The molecule has 24 heavy (non-hydrogen) atoms. The zero-order chi connectivity index (χ0) is 17.0. The number of hydrogen-bond donors (Lipinski definition) is 1. The highest BCUT2D eigenvalue weighted by Gasteiger charge is 2.35. The molecular formula is C15H16F2N6O. The molecule has 9 heteroatoms. The number of nitrogens with one attached hydrogen (secondary N) is 1. The van der Waals surface area contributed by atoms with Crippen molar-refractivity contribution in [3.8, 4) is 11.3 Å². The van der Waals surface area contributed by atoms with E-state index in [9.17, 15) is 13.6 Å². The number of carbonyl (C=O) groups excluding carboxylic acids is 1. The number of halogens is 2. The number of anilines is 2. The van der Waals surface area contributed by atoms with Crippen molar-refractivity contribution in [1.82, 2.24) is 20.0 Å². The molecule has 2 aromatic rings. The van der Waals surface area contributed by atoms with Gasteiger partial charge in [-0.05, 0) is 25.8 Å². The van der Waals surface area contributed by atoms with Gasteiger partial charge in [-0.25, -0.2) is 4.98 Å². The number of fused-ring (bicyclic) bond motifs is 3. The van der Waals surface area contributed by atoms with Crippen LogP contribution in [-0.4, -0.2) is 32.9 Å². The Morgan fingerprint density at radius 3 is 2.79 bits per heavy atom. The molecule has 1 N–H and O–H groups in total. The Hall–Kier alpha value is -2.58. The number of amides is 1. The van der Waals surface area contributed by atoms with E-state index < -0.39 is 6.55 Å². The highest BCUT2D eigenvalue weighted by atomic mass is 19.3. The quantitative estimate of drug-likeness (QED) is 0.934. The van der Waals surface area contributed by atoms with Gasteiger partial charge in [-0.2, -0.15) is 13.9 Å². The minimum Gasteiger partial charge on any atom is -0.363 e. The molecule has 0 radical (unpaired) electrons. The molecule has 1 unspecified atom stereocenters. The van der Waals surface area contributed by atoms with E-state index >= 15 is 0 Å². The third-order valence-electron chi connectivity index (χ3n) is 4.53. The molecule has 2 aliphatic rings. The molecule has 1 fully saturated rings. The van der Waals surface area contributed by atoms with E-state index in [1.54, 1.807) is 6.07 Å². The predicted octanol–water partition coefficient (Wildman–Crippen LogP) is 2.59. The zero-order valence-corrected chi connectivity index (χ0v) is 13.2. The first-order chi connectivity index (χ1) is 11.5. The van der Waals surface area contributed by atoms with E-state index in [0.29, 0.717) is 33.3 Å². The van der Waals surface area contributed by atoms with Crippen LogP contribution in [0.4, 0.5) is 20.3 Å². The fourth-order valence-corrected chi connectivity index (χ4v) is 2.93. The van der Waals surface area contributed by atoms with Gasteiger partial charge in [0.1, 0.15) is 11.4 Å². The van der Waals surface area contributed by atoms with Crippen molar-refractivity contribution < 1.29 is 13.6 Å². The Morgan fingerprint density at radius 1 is 1.38 bits per heavy atom. The molecule has 1 aliphatic heterocycles. The maximum atomic E-state index is 13.0. The summed E-state index contributed by atoms with van der Waals surface area (Å²) in [5.74, 6) is 0.416. The molecule has 1 aliphatic carbocycles. The lowest BCUT2D eigenvalue weighted by molar-refractivity contribution is -0.117. The van der Waals surface area contributed by atoms with Gasteiger partial charge < -0.3 is 10.2 Å². The van der Waals surface area contributed by atoms with Crippen LogP contribution in [0.15, 0.2) is 12.3 Å². The van der Waals surface area contributed by atoms with Crippen LogP contribution in [0, 0.1) is 5.92 Å². The van der Waals surface area contributed by atoms with Gasteiger partial charge in [0.05, 0.1) is 11.7 Å². The van der Waals surface area contributed by atoms with E-state index in [4.69, 9.17) is 0 Å². The molecule has 0 bridgehead atoms. The van der Waals surface area contributed by atoms with Gasteiger partial charge in [0.15, 0.2) is 5.82 Å². The Morgan fingerprint density at radius 2 is 2.12 bits per heavy atom. The van der Waals surface area contributed by atoms with Crippen LogP contribution in [0.25, 0.3) is 11.3 Å². The standard InChI is InChI=1S/C15H16F2N6O/c1-7-10-11(21-23(20-10)15(16)17)9-5-6-18-13(12(9)22(7)2)19-14(24)8-3-4-8/h5-8,15H,3-4H2,1-2H3,(H,18,19,24). The minimum absolute atomic E-state index is 0.0456. The molecule has 0 aromatic carbocycles. The van der Waals surface area contributed by atoms with Gasteiger partial charge in [-0.1, -0.05) is 0 Å². The lowest BCUT2D eigenvalue weighted by Crippen LogP contribution is -2.28. The summed E-state index contributed by atoms with van der Waals surface area (Å²) in [6, 6.07) is 1.44. The Kier molecular flexibility index (Phi) is 3.26. The van der Waals surface area contributed by atoms with Crippen molar-refractivity contribution in [3.63, 3.8) is 0 Å². The summed E-state index contributed by atoms with van der Waals surface area (Å²) in [7, 11) is 1.82. The third kappa shape index (κ3) is 2.22. The summed E-state index contributed by atoms with van der Waals surface area (Å²) in [6.07, 6.45) is 3.32. The van der Waals surface area contributed by atoms with Gasteiger partial charge in [0, 0.05) is 24.7 Å². The van der Waals surface area contributed by atoms with Gasteiger partial charge in [-0.15, -0.1) is 9.90 Å². The SMILES string of the molecule is CC1c2nn(C(F)F)nc2-c2ccnc(NC(=O)C3CC3)c2N1C. The second-order valence-electron chi connectivity index (χ2n) is 6.14. The molecule has 1 amide bonds. The van der Waals surface area contributed by atoms with E-state index in [1.165, 1.54) is 6.20 Å². The number of carbonyl (C=O) groups is 1. The number of alkyl halides is 2. The number of hydrogen-bond acceptors (Lipinski definition) is 5. The molecule has 0 spiro atoms. The molecule has 3 heterocycles. The van der Waals surface area contributed by atoms with Crippen LogP contribution in [-0.2, 0) is 4.79 Å². The van der Waals surface area contributed by atoms with E-state index in [1.807, 2.05) is 18.9 Å². The van der Waals surface area contributed by atoms with Crippen molar-refractivity contribution in [1.29, 1.82) is 0 Å². The van der Waals surface area contributed by atoms with Crippen molar-refractivity contribution in [2.45, 2.75) is 32.4 Å². The summed E-state index contributed by atoms with van der Waals surface area (Å²) < 4.78 is 25.9. The average Bonchev–Trinajstić information content (AvgIpc) is 3.30. The normalized spacial score (nSPS) is 19.2. The fourth-order valence-electron chi connectivity index (χ4n) is 2.93. The van der Waals surface area contributed by atoms with Crippen LogP contribution in [0.5, 0.6) is 0 Å². The van der Waals surface area contributed by atoms with Crippen molar-refractivity contribution in [2.75, 3.05) is 17.3 Å². The van der Waals surface area contributed by atoms with Crippen molar-refractivity contribution in [3.05, 3.63) is 18.0 Å². The van der Waals surface area contributed by atoms with Gasteiger partial charge in [0.2, 0.25) is 5.91 Å². The van der Waals surface area contributed by atoms with E-state index in [2.05, 4.69) is 20.5 Å². The van der Waals surface area contributed by atoms with Gasteiger partial charge in [-0.3, -0.25) is 4.79 Å². The summed E-state index contributed by atoms with van der Waals surface area (Å²) in [6.45, 7) is -0.946. The minimum atomic E-state index is -2.80. The number of rotatable bonds is 3. The largest absolute Gasteiger partial charge is 0.363 e. The highest BCUT2D eigenvalue weighted by molar-refractivity contribution is 5.99. The van der Waals surface area contributed by atoms with Gasteiger partial charge in [0.25, 0.3) is 0 Å². The average molecular weight is 334 g/mol. The summed E-state index contributed by atoms with van der Waals surface area (Å²) in [4.78, 5) is 18.6. The number of pyridine rings is 1. The molecule has 7 nitrogen and oxygen atoms in total. The molecular weight excluding hydrogens is 318 g/mol. The fraction of sp³-hybridized carbons (Fsp3) is 0.467. The van der Waals surface area contributed by atoms with Crippen LogP contribution in [0.1, 0.15) is 38.1 Å². The molecule has 1 atom stereocenters. The lowest BCUT2D eigenvalue weighted by Gasteiger charge is -2.33. The molecule has 4 rings (SSSR count). The zero-order valence-electron chi connectivity index (χ0n) is 13.2. The highest BCUT2D eigenvalue weighted by Crippen LogP contribution is 2.45. The maximum Gasteiger partial charge on any atom is 0.348 e. The monoisotopic (exact) mass is 334 g/mol. The van der Waals surface area contributed by atoms with Crippen LogP contribution in [0.2, 0.25) is 0 Å². The summed E-state index contributed by atoms with van der Waals surface area (Å²) >= 11 is 0. The third-order valence-corrected chi connectivity index (χ3v) is 4.53. The second-order valence-corrected chi connectivity index (χ2v) is 6.14. The first-order valence-corrected chi connectivity index (χ1v) is 7.75. The summed E-state index contributed by atoms with van der Waals surface area (Å²) in [5, 5.41) is 10.7. The molecule has 126 valence electrons. The van der Waals surface area contributed by atoms with E-state index in [-0.39, 0.29) is 17.9 Å². The first kappa shape index (κ1) is 15.0. The molecule has 1 saturated carbocycles. The van der Waals surface area contributed by atoms with Gasteiger partial charge >= 0.3 is 6.55 Å². The van der Waals surface area contributed by atoms with Crippen LogP contribution in [0.3, 0.4) is 0 Å². The Labute approximate surface area is 136 Å². The first-order valence-electron chi connectivity index (χ1n) is 7.75. The maximum absolute atomic E-state index is 13.0.